The average Bonchev–Trinajstić information content (AvgIpc) is 2.95. The molecular weight excluding hydrogens is 526 g/mol. The van der Waals surface area contributed by atoms with Gasteiger partial charge in [0.15, 0.2) is 6.04 Å². The second-order valence-corrected chi connectivity index (χ2v) is 9.74. The molecule has 1 aliphatic rings. The third-order valence-corrected chi connectivity index (χ3v) is 6.39. The zero-order valence-electron chi connectivity index (χ0n) is 17.4. The van der Waals surface area contributed by atoms with Crippen LogP contribution in [0.15, 0.2) is 61.5 Å². The fourth-order valence-electron chi connectivity index (χ4n) is 2.70. The van der Waals surface area contributed by atoms with Gasteiger partial charge in [-0.25, -0.2) is 0 Å². The number of halogens is 1. The molecule has 0 aliphatic carbocycles. The molecule has 2 radical (unpaired) electrons. The van der Waals surface area contributed by atoms with E-state index in [0.717, 1.165) is 23.2 Å². The first-order valence-corrected chi connectivity index (χ1v) is 11.7. The van der Waals surface area contributed by atoms with Gasteiger partial charge in [-0.3, -0.25) is 13.9 Å². The van der Waals surface area contributed by atoms with Crippen molar-refractivity contribution in [1.29, 1.82) is 0 Å². The van der Waals surface area contributed by atoms with E-state index in [-0.39, 0.29) is 66.0 Å². The summed E-state index contributed by atoms with van der Waals surface area (Å²) < 4.78 is 64.6. The van der Waals surface area contributed by atoms with Crippen LogP contribution in [0.5, 0.6) is 0 Å². The smallest absolute Gasteiger partial charge is 0.296 e. The van der Waals surface area contributed by atoms with Gasteiger partial charge in [-0.05, 0) is 49.7 Å². The Morgan fingerprint density at radius 3 is 2.27 bits per heavy atom. The fourth-order valence-corrected chi connectivity index (χ4v) is 4.07. The molecule has 2 aromatic rings. The number of benzene rings is 2. The van der Waals surface area contributed by atoms with Crippen LogP contribution in [0, 0.1) is 6.92 Å². The Morgan fingerprint density at radius 1 is 1.06 bits per heavy atom. The average molecular weight is 544 g/mol. The molecule has 0 spiro atoms. The Labute approximate surface area is 224 Å². The van der Waals surface area contributed by atoms with Crippen molar-refractivity contribution in [2.45, 2.75) is 29.7 Å². The van der Waals surface area contributed by atoms with Crippen molar-refractivity contribution in [3.05, 3.63) is 47.0 Å². The van der Waals surface area contributed by atoms with Gasteiger partial charge in [0.2, 0.25) is 0 Å². The molecule has 174 valence electrons. The van der Waals surface area contributed by atoms with Gasteiger partial charge < -0.3 is 6.15 Å². The van der Waals surface area contributed by atoms with Gasteiger partial charge in [-0.1, -0.05) is 17.7 Å². The van der Waals surface area contributed by atoms with Gasteiger partial charge in [-0.2, -0.15) is 37.2 Å². The van der Waals surface area contributed by atoms with E-state index in [4.69, 9.17) is 11.6 Å². The molecule has 1 amide bonds. The minimum absolute atomic E-state index is 0. The van der Waals surface area contributed by atoms with E-state index in [0.29, 0.717) is 5.56 Å². The summed E-state index contributed by atoms with van der Waals surface area (Å²) in [6, 6.07) is 5.99. The van der Waals surface area contributed by atoms with Crippen LogP contribution in [-0.2, 0) is 25.0 Å². The fraction of sp³-hybridized carbons (Fsp3) is 0.176. The van der Waals surface area contributed by atoms with Crippen molar-refractivity contribution in [2.24, 2.45) is 15.3 Å². The van der Waals surface area contributed by atoms with Crippen molar-refractivity contribution in [3.8, 4) is 0 Å². The summed E-state index contributed by atoms with van der Waals surface area (Å²) in [5, 5.41) is 12.7. The Hall–Kier alpha value is -1.49. The second-order valence-electron chi connectivity index (χ2n) is 6.53. The number of hydrazone groups is 1. The van der Waals surface area contributed by atoms with E-state index >= 15 is 0 Å². The Morgan fingerprint density at radius 2 is 1.70 bits per heavy atom. The van der Waals surface area contributed by atoms with Crippen LogP contribution in [0.4, 0.5) is 11.4 Å². The molecule has 0 saturated carbocycles. The third kappa shape index (κ3) is 6.55. The van der Waals surface area contributed by atoms with E-state index in [2.05, 4.69) is 15.3 Å². The first-order chi connectivity index (χ1) is 14.3. The summed E-state index contributed by atoms with van der Waals surface area (Å²) in [5.74, 6) is -0.694. The molecule has 0 fully saturated rings. The normalized spacial score (nSPS) is 16.4. The first kappa shape index (κ1) is 29.5. The van der Waals surface area contributed by atoms with Crippen LogP contribution >= 0.6 is 11.6 Å². The molecule has 0 aromatic heterocycles. The summed E-state index contributed by atoms with van der Waals surface area (Å²) in [4.78, 5) is 11.8. The summed E-state index contributed by atoms with van der Waals surface area (Å²) >= 11 is 6.00. The maximum Gasteiger partial charge on any atom is 0.296 e. The quantitative estimate of drug-likeness (QED) is 0.290. The number of carbonyl (C=O) groups excluding carboxylic acids is 1. The number of hydrogen-bond donors (Lipinski definition) is 3. The van der Waals surface area contributed by atoms with E-state index in [1.807, 2.05) is 0 Å². The molecule has 0 bridgehead atoms. The SMILES string of the molecule is CC1=NN(c2cccc(S(=O)(=O)O)c2)C(=O)C1N=Nc1cc(Cl)c(C)cc1S(=O)(=O)O.N.[Ca]. The number of aryl methyl sites for hydroxylation is 1. The van der Waals surface area contributed by atoms with E-state index in [1.54, 1.807) is 0 Å². The number of carbonyl (C=O) groups is 1. The van der Waals surface area contributed by atoms with Crippen LogP contribution in [0.1, 0.15) is 12.5 Å². The number of nitrogens with zero attached hydrogens (tertiary/aromatic N) is 4. The van der Waals surface area contributed by atoms with Crippen LogP contribution in [0.3, 0.4) is 0 Å². The van der Waals surface area contributed by atoms with Crippen LogP contribution in [0.25, 0.3) is 0 Å². The Bertz CT molecular complexity index is 1360. The second kappa shape index (κ2) is 10.8. The molecule has 16 heteroatoms. The number of amides is 1. The van der Waals surface area contributed by atoms with Crippen molar-refractivity contribution in [2.75, 3.05) is 5.01 Å². The first-order valence-electron chi connectivity index (χ1n) is 8.44. The number of hydrogen-bond acceptors (Lipinski definition) is 9. The molecule has 5 N–H and O–H groups in total. The van der Waals surface area contributed by atoms with Crippen LogP contribution < -0.4 is 11.2 Å². The largest absolute Gasteiger partial charge is 0.344 e. The molecule has 1 aliphatic heterocycles. The number of rotatable bonds is 5. The zero-order chi connectivity index (χ0) is 23.1. The van der Waals surface area contributed by atoms with Crippen LogP contribution in [0.2, 0.25) is 5.02 Å². The standard InChI is InChI=1S/C17H15ClN4O7S2.Ca.H3N/c1-9-6-15(31(27,28)29)14(8-13(9)18)19-20-16-10(2)21-22(17(16)23)11-4-3-5-12(7-11)30(24,25)26;;/h3-8,16H,1-2H3,(H,24,25,26)(H,27,28,29);;1H3. The van der Waals surface area contributed by atoms with Crippen molar-refractivity contribution >= 4 is 92.6 Å². The monoisotopic (exact) mass is 543 g/mol. The van der Waals surface area contributed by atoms with E-state index in [1.165, 1.54) is 32.0 Å². The summed E-state index contributed by atoms with van der Waals surface area (Å²) in [7, 11) is -9.13. The molecule has 0 saturated heterocycles. The van der Waals surface area contributed by atoms with Gasteiger partial charge >= 0.3 is 0 Å². The third-order valence-electron chi connectivity index (χ3n) is 4.26. The molecule has 1 unspecified atom stereocenters. The molecule has 3 rings (SSSR count). The molecule has 33 heavy (non-hydrogen) atoms. The molecule has 1 heterocycles. The van der Waals surface area contributed by atoms with Gasteiger partial charge in [0.1, 0.15) is 10.6 Å². The maximum absolute atomic E-state index is 12.8. The van der Waals surface area contributed by atoms with Crippen molar-refractivity contribution in [1.82, 2.24) is 6.15 Å². The molecule has 12 nitrogen and oxygen atoms in total. The van der Waals surface area contributed by atoms with Gasteiger partial charge in [0, 0.05) is 42.8 Å². The van der Waals surface area contributed by atoms with Gasteiger partial charge in [-0.15, -0.1) is 0 Å². The molecular formula is C17H18CaClN5O7S2. The van der Waals surface area contributed by atoms with Crippen molar-refractivity contribution in [3.63, 3.8) is 0 Å². The Kier molecular flexibility index (Phi) is 9.70. The zero-order valence-corrected chi connectivity index (χ0v) is 22.0. The van der Waals surface area contributed by atoms with Gasteiger partial charge in [0.25, 0.3) is 26.1 Å². The van der Waals surface area contributed by atoms with Gasteiger partial charge in [0.05, 0.1) is 16.3 Å². The van der Waals surface area contributed by atoms with Crippen LogP contribution in [-0.4, -0.2) is 81.3 Å². The molecule has 2 aromatic carbocycles. The van der Waals surface area contributed by atoms with E-state index in [9.17, 15) is 30.7 Å². The predicted molar refractivity (Wildman–Crippen MR) is 122 cm³/mol. The minimum atomic E-state index is -4.64. The Balaban J connectivity index is 0.00000272. The number of azo groups is 1. The predicted octanol–water partition coefficient (Wildman–Crippen LogP) is 2.80. The van der Waals surface area contributed by atoms with E-state index < -0.39 is 42.0 Å². The summed E-state index contributed by atoms with van der Waals surface area (Å²) in [6.07, 6.45) is 0. The number of anilines is 1. The van der Waals surface area contributed by atoms with Crippen molar-refractivity contribution < 1.29 is 30.7 Å². The maximum atomic E-state index is 12.8. The topological polar surface area (TPSA) is 201 Å². The summed E-state index contributed by atoms with van der Waals surface area (Å²) in [5.41, 5.74) is 0.366. The minimum Gasteiger partial charge on any atom is -0.344 e. The molecule has 1 atom stereocenters. The summed E-state index contributed by atoms with van der Waals surface area (Å²) in [6.45, 7) is 3.01.